The van der Waals surface area contributed by atoms with Gasteiger partial charge in [0.05, 0.1) is 6.61 Å². The monoisotopic (exact) mass is 247 g/mol. The molecule has 0 aromatic heterocycles. The van der Waals surface area contributed by atoms with E-state index in [1.165, 1.54) is 0 Å². The molecule has 2 atom stereocenters. The molecule has 1 saturated heterocycles. The fraction of sp³-hybridized carbons (Fsp3) is 0.917. The minimum Gasteiger partial charge on any atom is -0.381 e. The molecule has 0 radical (unpaired) electrons. The van der Waals surface area contributed by atoms with Crippen LogP contribution in [-0.4, -0.2) is 42.5 Å². The number of amides is 1. The summed E-state index contributed by atoms with van der Waals surface area (Å²) >= 11 is 5.98. The minimum absolute atomic E-state index is 0.0883. The third-order valence-electron chi connectivity index (χ3n) is 3.01. The maximum absolute atomic E-state index is 11.9. The number of rotatable bonds is 5. The summed E-state index contributed by atoms with van der Waals surface area (Å²) < 4.78 is 5.42. The molecule has 0 aromatic carbocycles. The second kappa shape index (κ2) is 7.13. The summed E-state index contributed by atoms with van der Waals surface area (Å²) in [4.78, 5) is 13.8. The van der Waals surface area contributed by atoms with Crippen LogP contribution in [0.2, 0.25) is 0 Å². The molecule has 16 heavy (non-hydrogen) atoms. The van der Waals surface area contributed by atoms with Crippen LogP contribution in [0.3, 0.4) is 0 Å². The van der Waals surface area contributed by atoms with Gasteiger partial charge in [-0.05, 0) is 32.1 Å². The first-order valence-corrected chi connectivity index (χ1v) is 6.63. The quantitative estimate of drug-likeness (QED) is 0.698. The predicted octanol–water partition coefficient (Wildman–Crippen LogP) is 2.28. The average Bonchev–Trinajstić information content (AvgIpc) is 2.34. The number of likely N-dealkylation sites (tertiary alicyclic amines) is 1. The zero-order chi connectivity index (χ0) is 12.0. The van der Waals surface area contributed by atoms with E-state index in [1.54, 1.807) is 0 Å². The van der Waals surface area contributed by atoms with Gasteiger partial charge < -0.3 is 9.64 Å². The number of carbonyl (C=O) groups excluding carboxylic acids is 1. The van der Waals surface area contributed by atoms with Gasteiger partial charge >= 0.3 is 0 Å². The van der Waals surface area contributed by atoms with Crippen LogP contribution in [0.4, 0.5) is 0 Å². The van der Waals surface area contributed by atoms with E-state index in [0.717, 1.165) is 39.1 Å². The number of hydrogen-bond donors (Lipinski definition) is 0. The third-order valence-corrected chi connectivity index (χ3v) is 3.51. The summed E-state index contributed by atoms with van der Waals surface area (Å²) in [6, 6.07) is 0. The van der Waals surface area contributed by atoms with E-state index in [2.05, 4.69) is 0 Å². The van der Waals surface area contributed by atoms with E-state index < -0.39 is 0 Å². The van der Waals surface area contributed by atoms with Crippen molar-refractivity contribution in [3.05, 3.63) is 0 Å². The van der Waals surface area contributed by atoms with Crippen molar-refractivity contribution >= 4 is 17.5 Å². The van der Waals surface area contributed by atoms with E-state index in [9.17, 15) is 4.79 Å². The van der Waals surface area contributed by atoms with E-state index in [0.29, 0.717) is 12.3 Å². The molecular weight excluding hydrogens is 226 g/mol. The first-order valence-electron chi connectivity index (χ1n) is 6.19. The highest BCUT2D eigenvalue weighted by molar-refractivity contribution is 6.30. The highest BCUT2D eigenvalue weighted by atomic mass is 35.5. The highest BCUT2D eigenvalue weighted by Crippen LogP contribution is 2.19. The fourth-order valence-electron chi connectivity index (χ4n) is 2.06. The molecule has 0 bridgehead atoms. The molecule has 4 heteroatoms. The second-order valence-corrected chi connectivity index (χ2v) is 4.85. The summed E-state index contributed by atoms with van der Waals surface area (Å²) in [5, 5.41) is -0.356. The van der Waals surface area contributed by atoms with Crippen LogP contribution >= 0.6 is 11.6 Å². The van der Waals surface area contributed by atoms with Gasteiger partial charge in [0.1, 0.15) is 5.38 Å². The van der Waals surface area contributed by atoms with Gasteiger partial charge in [0, 0.05) is 19.7 Å². The summed E-state index contributed by atoms with van der Waals surface area (Å²) in [5.74, 6) is 0.573. The van der Waals surface area contributed by atoms with Crippen LogP contribution in [0.25, 0.3) is 0 Å². The van der Waals surface area contributed by atoms with Crippen molar-refractivity contribution < 1.29 is 9.53 Å². The zero-order valence-corrected chi connectivity index (χ0v) is 11.0. The molecule has 0 saturated carbocycles. The molecule has 1 aliphatic heterocycles. The van der Waals surface area contributed by atoms with Crippen molar-refractivity contribution in [1.82, 2.24) is 4.90 Å². The molecule has 1 rings (SSSR count). The van der Waals surface area contributed by atoms with Gasteiger partial charge in [-0.2, -0.15) is 0 Å². The standard InChI is InChI=1S/C12H22ClNO2/c1-3-11(13)12(15)14-7-5-6-10(8-14)9-16-4-2/h10-11H,3-9H2,1-2H3/t10-,11-/m0/s1. The molecule has 0 aromatic rings. The summed E-state index contributed by atoms with van der Waals surface area (Å²) in [5.41, 5.74) is 0. The number of nitrogens with zero attached hydrogens (tertiary/aromatic N) is 1. The van der Waals surface area contributed by atoms with Gasteiger partial charge in [-0.3, -0.25) is 4.79 Å². The van der Waals surface area contributed by atoms with Crippen molar-refractivity contribution in [1.29, 1.82) is 0 Å². The largest absolute Gasteiger partial charge is 0.381 e. The van der Waals surface area contributed by atoms with Crippen LogP contribution in [0, 0.1) is 5.92 Å². The van der Waals surface area contributed by atoms with Crippen molar-refractivity contribution in [2.45, 2.75) is 38.5 Å². The average molecular weight is 248 g/mol. The number of alkyl halides is 1. The number of piperidine rings is 1. The van der Waals surface area contributed by atoms with Gasteiger partial charge in [-0.1, -0.05) is 6.92 Å². The van der Waals surface area contributed by atoms with Gasteiger partial charge in [0.2, 0.25) is 5.91 Å². The number of halogens is 1. The fourth-order valence-corrected chi connectivity index (χ4v) is 2.20. The lowest BCUT2D eigenvalue weighted by Crippen LogP contribution is -2.44. The number of carbonyl (C=O) groups is 1. The Morgan fingerprint density at radius 1 is 1.56 bits per heavy atom. The zero-order valence-electron chi connectivity index (χ0n) is 10.2. The topological polar surface area (TPSA) is 29.5 Å². The molecule has 3 nitrogen and oxygen atoms in total. The Morgan fingerprint density at radius 3 is 2.94 bits per heavy atom. The van der Waals surface area contributed by atoms with Crippen molar-refractivity contribution in [3.63, 3.8) is 0 Å². The van der Waals surface area contributed by atoms with Gasteiger partial charge in [0.15, 0.2) is 0 Å². The minimum atomic E-state index is -0.356. The van der Waals surface area contributed by atoms with Crippen molar-refractivity contribution in [2.75, 3.05) is 26.3 Å². The first-order chi connectivity index (χ1) is 7.69. The summed E-state index contributed by atoms with van der Waals surface area (Å²) in [6.45, 7) is 7.11. The molecule has 94 valence electrons. The Kier molecular flexibility index (Phi) is 6.14. The Hall–Kier alpha value is -0.280. The molecule has 1 aliphatic rings. The van der Waals surface area contributed by atoms with Crippen molar-refractivity contribution in [3.8, 4) is 0 Å². The maximum atomic E-state index is 11.9. The lowest BCUT2D eigenvalue weighted by molar-refractivity contribution is -0.133. The van der Waals surface area contributed by atoms with Crippen molar-refractivity contribution in [2.24, 2.45) is 5.92 Å². The molecule has 1 fully saturated rings. The Morgan fingerprint density at radius 2 is 2.31 bits per heavy atom. The lowest BCUT2D eigenvalue weighted by Gasteiger charge is -2.33. The molecule has 1 amide bonds. The Labute approximate surface area is 103 Å². The smallest absolute Gasteiger partial charge is 0.240 e. The molecule has 0 spiro atoms. The molecular formula is C12H22ClNO2. The highest BCUT2D eigenvalue weighted by Gasteiger charge is 2.26. The molecule has 0 aliphatic carbocycles. The summed E-state index contributed by atoms with van der Waals surface area (Å²) in [6.07, 6.45) is 2.92. The van der Waals surface area contributed by atoms with Crippen LogP contribution in [-0.2, 0) is 9.53 Å². The maximum Gasteiger partial charge on any atom is 0.240 e. The third kappa shape index (κ3) is 3.95. The second-order valence-electron chi connectivity index (χ2n) is 4.33. The number of ether oxygens (including phenoxy) is 1. The SMILES string of the molecule is CCOC[C@H]1CCCN(C(=O)[C@@H](Cl)CC)C1. The van der Waals surface area contributed by atoms with E-state index in [1.807, 2.05) is 18.7 Å². The predicted molar refractivity (Wildman–Crippen MR) is 65.7 cm³/mol. The Balaban J connectivity index is 2.40. The number of hydrogen-bond acceptors (Lipinski definition) is 2. The first kappa shape index (κ1) is 13.8. The normalized spacial score (nSPS) is 23.2. The van der Waals surface area contributed by atoms with E-state index >= 15 is 0 Å². The van der Waals surface area contributed by atoms with Gasteiger partial charge in [-0.15, -0.1) is 11.6 Å². The van der Waals surface area contributed by atoms with E-state index in [-0.39, 0.29) is 11.3 Å². The van der Waals surface area contributed by atoms with Crippen LogP contribution in [0.5, 0.6) is 0 Å². The van der Waals surface area contributed by atoms with Crippen LogP contribution in [0.15, 0.2) is 0 Å². The lowest BCUT2D eigenvalue weighted by atomic mass is 9.98. The van der Waals surface area contributed by atoms with Crippen LogP contribution < -0.4 is 0 Å². The summed E-state index contributed by atoms with van der Waals surface area (Å²) in [7, 11) is 0. The Bertz CT molecular complexity index is 223. The van der Waals surface area contributed by atoms with Gasteiger partial charge in [-0.25, -0.2) is 0 Å². The molecule has 0 unspecified atom stereocenters. The van der Waals surface area contributed by atoms with Crippen LogP contribution in [0.1, 0.15) is 33.1 Å². The van der Waals surface area contributed by atoms with Gasteiger partial charge in [0.25, 0.3) is 0 Å². The van der Waals surface area contributed by atoms with E-state index in [4.69, 9.17) is 16.3 Å². The molecule has 0 N–H and O–H groups in total. The molecule has 1 heterocycles.